The van der Waals surface area contributed by atoms with Crippen LogP contribution < -0.4 is 10.9 Å². The fraction of sp³-hybridized carbons (Fsp3) is 0.263. The van der Waals surface area contributed by atoms with Crippen molar-refractivity contribution in [3.05, 3.63) is 52.6 Å². The van der Waals surface area contributed by atoms with Crippen molar-refractivity contribution in [1.29, 1.82) is 0 Å². The zero-order chi connectivity index (χ0) is 19.1. The lowest BCUT2D eigenvalue weighted by atomic mass is 10.0. The molecule has 0 aliphatic rings. The first-order chi connectivity index (χ1) is 13.0. The topological polar surface area (TPSA) is 97.6 Å². The lowest BCUT2D eigenvalue weighted by Crippen LogP contribution is -2.29. The molecule has 0 saturated carbocycles. The lowest BCUT2D eigenvalue weighted by Gasteiger charge is -2.06. The Kier molecular flexibility index (Phi) is 4.02. The molecule has 138 valence electrons. The number of pyridine rings is 1. The van der Waals surface area contributed by atoms with Crippen molar-refractivity contribution in [2.75, 3.05) is 6.54 Å². The first-order valence-corrected chi connectivity index (χ1v) is 8.87. The van der Waals surface area contributed by atoms with Crippen molar-refractivity contribution in [2.24, 2.45) is 0 Å². The fourth-order valence-electron chi connectivity index (χ4n) is 3.11. The van der Waals surface area contributed by atoms with Gasteiger partial charge in [-0.3, -0.25) is 9.89 Å². The number of rotatable bonds is 3. The number of carbonyl (C=O) groups is 1. The molecule has 0 radical (unpaired) electrons. The number of benzene rings is 1. The van der Waals surface area contributed by atoms with Crippen LogP contribution in [0.15, 0.2) is 41.5 Å². The third kappa shape index (κ3) is 2.69. The van der Waals surface area contributed by atoms with Crippen LogP contribution in [-0.2, 0) is 0 Å². The van der Waals surface area contributed by atoms with Crippen LogP contribution >= 0.6 is 0 Å². The van der Waals surface area contributed by atoms with Crippen molar-refractivity contribution >= 4 is 28.0 Å². The number of hydrogen-bond acceptors (Lipinski definition) is 4. The zero-order valence-corrected chi connectivity index (χ0v) is 15.4. The van der Waals surface area contributed by atoms with Gasteiger partial charge in [0.25, 0.3) is 5.56 Å². The number of aromatic nitrogens is 5. The average Bonchev–Trinajstić information content (AvgIpc) is 3.23. The van der Waals surface area contributed by atoms with Crippen LogP contribution in [0.3, 0.4) is 0 Å². The lowest BCUT2D eigenvalue weighted by molar-refractivity contribution is 0.241. The summed E-state index contributed by atoms with van der Waals surface area (Å²) >= 11 is 0. The Morgan fingerprint density at radius 3 is 2.59 bits per heavy atom. The van der Waals surface area contributed by atoms with Gasteiger partial charge in [-0.05, 0) is 30.5 Å². The number of aromatic amines is 1. The van der Waals surface area contributed by atoms with Gasteiger partial charge in [0.2, 0.25) is 0 Å². The summed E-state index contributed by atoms with van der Waals surface area (Å²) in [5.41, 5.74) is 2.76. The van der Waals surface area contributed by atoms with Gasteiger partial charge >= 0.3 is 6.03 Å². The summed E-state index contributed by atoms with van der Waals surface area (Å²) in [4.78, 5) is 29.2. The summed E-state index contributed by atoms with van der Waals surface area (Å²) in [7, 11) is 0. The summed E-state index contributed by atoms with van der Waals surface area (Å²) in [5.74, 6) is 0.419. The summed E-state index contributed by atoms with van der Waals surface area (Å²) in [6.07, 6.45) is 3.02. The highest BCUT2D eigenvalue weighted by molar-refractivity contribution is 6.03. The predicted octanol–water partition coefficient (Wildman–Crippen LogP) is 2.76. The molecular weight excluding hydrogens is 344 g/mol. The molecule has 8 nitrogen and oxygen atoms in total. The van der Waals surface area contributed by atoms with Crippen molar-refractivity contribution in [2.45, 2.75) is 26.7 Å². The van der Waals surface area contributed by atoms with E-state index in [-0.39, 0.29) is 11.6 Å². The first-order valence-electron chi connectivity index (χ1n) is 8.87. The van der Waals surface area contributed by atoms with Crippen LogP contribution in [0.1, 0.15) is 32.3 Å². The number of nitrogens with one attached hydrogen (secondary N) is 2. The van der Waals surface area contributed by atoms with E-state index >= 15 is 0 Å². The monoisotopic (exact) mass is 364 g/mol. The van der Waals surface area contributed by atoms with Gasteiger partial charge in [0.05, 0.1) is 28.2 Å². The Bertz CT molecular complexity index is 1200. The smallest absolute Gasteiger partial charge is 0.336 e. The normalized spacial score (nSPS) is 11.6. The van der Waals surface area contributed by atoms with Gasteiger partial charge in [-0.25, -0.2) is 14.5 Å². The maximum Gasteiger partial charge on any atom is 0.344 e. The molecular formula is C19H20N6O2. The average molecular weight is 364 g/mol. The zero-order valence-electron chi connectivity index (χ0n) is 15.4. The Labute approximate surface area is 154 Å². The molecule has 2 N–H and O–H groups in total. The van der Waals surface area contributed by atoms with Crippen LogP contribution in [0.2, 0.25) is 0 Å². The highest BCUT2D eigenvalue weighted by atomic mass is 16.2. The molecule has 1 amide bonds. The molecule has 1 aromatic carbocycles. The van der Waals surface area contributed by atoms with E-state index in [4.69, 9.17) is 0 Å². The van der Waals surface area contributed by atoms with Gasteiger partial charge < -0.3 is 5.32 Å². The van der Waals surface area contributed by atoms with Crippen molar-refractivity contribution in [3.8, 4) is 5.69 Å². The van der Waals surface area contributed by atoms with E-state index in [9.17, 15) is 9.59 Å². The standard InChI is InChI=1S/C19H20N6O2/c1-4-20-19(27)25-17-14(10-22-25)16-15(9-21-17)18(26)24(23-16)13-7-5-12(6-8-13)11(2)3/h5-11,23H,4H2,1-3H3,(H,20,27). The largest absolute Gasteiger partial charge is 0.344 e. The number of fused-ring (bicyclic) bond motifs is 3. The third-order valence-electron chi connectivity index (χ3n) is 4.59. The highest BCUT2D eigenvalue weighted by Crippen LogP contribution is 2.21. The molecule has 0 aliphatic heterocycles. The van der Waals surface area contributed by atoms with Crippen LogP contribution in [0.4, 0.5) is 4.79 Å². The van der Waals surface area contributed by atoms with Crippen molar-refractivity contribution in [1.82, 2.24) is 29.9 Å². The molecule has 4 aromatic rings. The van der Waals surface area contributed by atoms with Crippen LogP contribution in [0.25, 0.3) is 27.6 Å². The van der Waals surface area contributed by atoms with Gasteiger partial charge in [0, 0.05) is 12.7 Å². The number of hydrogen-bond donors (Lipinski definition) is 2. The number of nitrogens with zero attached hydrogens (tertiary/aromatic N) is 4. The quantitative estimate of drug-likeness (QED) is 0.584. The van der Waals surface area contributed by atoms with Gasteiger partial charge in [-0.1, -0.05) is 26.0 Å². The van der Waals surface area contributed by atoms with E-state index in [1.807, 2.05) is 31.2 Å². The molecule has 0 saturated heterocycles. The molecule has 0 unspecified atom stereocenters. The molecule has 3 heterocycles. The molecule has 0 atom stereocenters. The van der Waals surface area contributed by atoms with Crippen LogP contribution in [-0.4, -0.2) is 37.1 Å². The van der Waals surface area contributed by atoms with E-state index in [2.05, 4.69) is 34.3 Å². The fourth-order valence-corrected chi connectivity index (χ4v) is 3.11. The molecule has 4 rings (SSSR count). The Morgan fingerprint density at radius 1 is 1.19 bits per heavy atom. The number of H-pyrrole nitrogens is 1. The second-order valence-electron chi connectivity index (χ2n) is 6.67. The van der Waals surface area contributed by atoms with Crippen LogP contribution in [0.5, 0.6) is 0 Å². The van der Waals surface area contributed by atoms with E-state index in [0.29, 0.717) is 34.4 Å². The molecule has 27 heavy (non-hydrogen) atoms. The third-order valence-corrected chi connectivity index (χ3v) is 4.59. The molecule has 0 spiro atoms. The summed E-state index contributed by atoms with van der Waals surface area (Å²) in [6, 6.07) is 7.49. The molecule has 3 aromatic heterocycles. The van der Waals surface area contributed by atoms with Crippen LogP contribution in [0, 0.1) is 0 Å². The molecule has 0 aliphatic carbocycles. The van der Waals surface area contributed by atoms with Crippen molar-refractivity contribution in [3.63, 3.8) is 0 Å². The SMILES string of the molecule is CCNC(=O)n1ncc2c3[nH]n(-c4ccc(C(C)C)cc4)c(=O)c3cnc21. The van der Waals surface area contributed by atoms with Gasteiger partial charge in [0.15, 0.2) is 5.65 Å². The maximum absolute atomic E-state index is 12.8. The van der Waals surface area contributed by atoms with E-state index in [1.54, 1.807) is 6.20 Å². The maximum atomic E-state index is 12.8. The first kappa shape index (κ1) is 17.0. The minimum Gasteiger partial charge on any atom is -0.336 e. The van der Waals surface area contributed by atoms with Gasteiger partial charge in [-0.15, -0.1) is 0 Å². The van der Waals surface area contributed by atoms with E-state index in [0.717, 1.165) is 5.69 Å². The minimum atomic E-state index is -0.356. The van der Waals surface area contributed by atoms with E-state index in [1.165, 1.54) is 21.1 Å². The van der Waals surface area contributed by atoms with Gasteiger partial charge in [-0.2, -0.15) is 9.78 Å². The molecule has 0 fully saturated rings. The highest BCUT2D eigenvalue weighted by Gasteiger charge is 2.17. The second-order valence-corrected chi connectivity index (χ2v) is 6.67. The Hall–Kier alpha value is -3.42. The van der Waals surface area contributed by atoms with E-state index < -0.39 is 0 Å². The summed E-state index contributed by atoms with van der Waals surface area (Å²) < 4.78 is 2.69. The molecule has 8 heteroatoms. The number of carbonyl (C=O) groups excluding carboxylic acids is 1. The molecule has 0 bridgehead atoms. The van der Waals surface area contributed by atoms with Gasteiger partial charge in [0.1, 0.15) is 0 Å². The summed E-state index contributed by atoms with van der Waals surface area (Å²) in [5, 5.41) is 11.0. The predicted molar refractivity (Wildman–Crippen MR) is 104 cm³/mol. The Balaban J connectivity index is 1.87. The summed E-state index contributed by atoms with van der Waals surface area (Å²) in [6.45, 7) is 6.57. The second kappa shape index (κ2) is 6.39. The number of amides is 1. The minimum absolute atomic E-state index is 0.192. The Morgan fingerprint density at radius 2 is 1.93 bits per heavy atom. The van der Waals surface area contributed by atoms with Crippen molar-refractivity contribution < 1.29 is 4.79 Å².